The first-order valence-corrected chi connectivity index (χ1v) is 6.54. The minimum Gasteiger partial charge on any atom is -0.383 e. The van der Waals surface area contributed by atoms with Crippen LogP contribution in [0, 0.1) is 5.82 Å². The van der Waals surface area contributed by atoms with Crippen LogP contribution in [0.3, 0.4) is 0 Å². The van der Waals surface area contributed by atoms with Gasteiger partial charge in [-0.05, 0) is 28.1 Å². The molecule has 0 saturated heterocycles. The van der Waals surface area contributed by atoms with Crippen molar-refractivity contribution in [3.63, 3.8) is 0 Å². The van der Waals surface area contributed by atoms with Crippen molar-refractivity contribution in [1.82, 2.24) is 15.0 Å². The molecule has 2 heterocycles. The topological polar surface area (TPSA) is 64.7 Å². The molecule has 4 nitrogen and oxygen atoms in total. The molecule has 2 N–H and O–H groups in total. The number of nitrogens with zero attached hydrogens (tertiary/aromatic N) is 3. The van der Waals surface area contributed by atoms with Gasteiger partial charge in [0.15, 0.2) is 5.82 Å². The molecule has 0 fully saturated rings. The molecule has 0 saturated carbocycles. The Kier molecular flexibility index (Phi) is 3.54. The van der Waals surface area contributed by atoms with Gasteiger partial charge in [0.25, 0.3) is 0 Å². The van der Waals surface area contributed by atoms with Gasteiger partial charge in [-0.15, -0.1) is 0 Å². The minimum atomic E-state index is -0.398. The molecule has 0 atom stereocenters. The van der Waals surface area contributed by atoms with Gasteiger partial charge in [0, 0.05) is 5.41 Å². The lowest BCUT2D eigenvalue weighted by molar-refractivity contribution is 0.564. The molecule has 0 unspecified atom stereocenters. The molecule has 2 aromatic rings. The lowest BCUT2D eigenvalue weighted by atomic mass is 9.92. The van der Waals surface area contributed by atoms with E-state index in [4.69, 9.17) is 5.73 Å². The Morgan fingerprint density at radius 3 is 2.42 bits per heavy atom. The van der Waals surface area contributed by atoms with E-state index in [-0.39, 0.29) is 5.41 Å². The first kappa shape index (κ1) is 13.9. The maximum atomic E-state index is 12.9. The summed E-state index contributed by atoms with van der Waals surface area (Å²) in [4.78, 5) is 12.6. The number of halogens is 2. The summed E-state index contributed by atoms with van der Waals surface area (Å²) in [6.07, 6.45) is 1.13. The molecule has 2 rings (SSSR count). The molecule has 0 bridgehead atoms. The van der Waals surface area contributed by atoms with Gasteiger partial charge in [-0.25, -0.2) is 19.3 Å². The first-order valence-electron chi connectivity index (χ1n) is 5.74. The van der Waals surface area contributed by atoms with Gasteiger partial charge in [-0.1, -0.05) is 20.8 Å². The Bertz CT molecular complexity index is 605. The molecular weight excluding hydrogens is 311 g/mol. The molecule has 0 amide bonds. The van der Waals surface area contributed by atoms with Gasteiger partial charge >= 0.3 is 0 Å². The van der Waals surface area contributed by atoms with E-state index in [0.29, 0.717) is 21.8 Å². The fraction of sp³-hybridized carbons (Fsp3) is 0.308. The lowest BCUT2D eigenvalue weighted by Crippen LogP contribution is -2.17. The zero-order valence-corrected chi connectivity index (χ0v) is 12.5. The quantitative estimate of drug-likeness (QED) is 0.873. The fourth-order valence-electron chi connectivity index (χ4n) is 1.58. The summed E-state index contributed by atoms with van der Waals surface area (Å²) in [5, 5.41) is 0. The number of hydrogen-bond acceptors (Lipinski definition) is 4. The summed E-state index contributed by atoms with van der Waals surface area (Å²) in [6.45, 7) is 6.09. The Morgan fingerprint density at radius 1 is 1.21 bits per heavy atom. The third kappa shape index (κ3) is 2.89. The van der Waals surface area contributed by atoms with Crippen molar-refractivity contribution in [2.45, 2.75) is 26.2 Å². The number of hydrogen-bond donors (Lipinski definition) is 1. The van der Waals surface area contributed by atoms with Crippen LogP contribution in [-0.2, 0) is 5.41 Å². The number of anilines is 1. The molecule has 0 aliphatic carbocycles. The van der Waals surface area contributed by atoms with Crippen LogP contribution in [0.2, 0.25) is 0 Å². The van der Waals surface area contributed by atoms with Crippen LogP contribution in [0.25, 0.3) is 11.5 Å². The van der Waals surface area contributed by atoms with Crippen molar-refractivity contribution in [3.05, 3.63) is 34.3 Å². The standard InChI is InChI=1S/C13H14BrFN4/c1-13(2,3)10-9(14)11(16)19-12(18-10)8-5-4-7(15)6-17-8/h4-6H,1-3H3,(H2,16,18,19). The smallest absolute Gasteiger partial charge is 0.180 e. The largest absolute Gasteiger partial charge is 0.383 e. The van der Waals surface area contributed by atoms with E-state index in [1.165, 1.54) is 12.1 Å². The maximum absolute atomic E-state index is 12.9. The average Bonchev–Trinajstić information content (AvgIpc) is 2.32. The molecule has 19 heavy (non-hydrogen) atoms. The van der Waals surface area contributed by atoms with E-state index >= 15 is 0 Å². The third-order valence-electron chi connectivity index (χ3n) is 2.54. The van der Waals surface area contributed by atoms with Crippen LogP contribution >= 0.6 is 15.9 Å². The monoisotopic (exact) mass is 324 g/mol. The number of pyridine rings is 1. The molecule has 0 aromatic carbocycles. The number of nitrogens with two attached hydrogens (primary N) is 1. The highest BCUT2D eigenvalue weighted by Gasteiger charge is 2.23. The molecule has 0 aliphatic heterocycles. The van der Waals surface area contributed by atoms with E-state index in [9.17, 15) is 4.39 Å². The molecule has 0 aliphatic rings. The number of aromatic nitrogens is 3. The van der Waals surface area contributed by atoms with Gasteiger partial charge < -0.3 is 5.73 Å². The second kappa shape index (κ2) is 4.85. The Morgan fingerprint density at radius 2 is 1.89 bits per heavy atom. The van der Waals surface area contributed by atoms with Crippen molar-refractivity contribution in [2.24, 2.45) is 0 Å². The molecular formula is C13H14BrFN4. The van der Waals surface area contributed by atoms with Crippen LogP contribution in [0.1, 0.15) is 26.5 Å². The first-order chi connectivity index (χ1) is 8.79. The van der Waals surface area contributed by atoms with E-state index < -0.39 is 5.82 Å². The lowest BCUT2D eigenvalue weighted by Gasteiger charge is -2.20. The zero-order chi connectivity index (χ0) is 14.2. The highest BCUT2D eigenvalue weighted by molar-refractivity contribution is 9.10. The van der Waals surface area contributed by atoms with Crippen molar-refractivity contribution in [1.29, 1.82) is 0 Å². The maximum Gasteiger partial charge on any atom is 0.180 e. The summed E-state index contributed by atoms with van der Waals surface area (Å²) in [6, 6.07) is 2.85. The average molecular weight is 325 g/mol. The third-order valence-corrected chi connectivity index (χ3v) is 3.33. The Labute approximate surface area is 119 Å². The second-order valence-corrected chi connectivity index (χ2v) is 6.00. The fourth-order valence-corrected chi connectivity index (χ4v) is 2.36. The minimum absolute atomic E-state index is 0.190. The van der Waals surface area contributed by atoms with Crippen molar-refractivity contribution in [2.75, 3.05) is 5.73 Å². The predicted octanol–water partition coefficient (Wildman–Crippen LogP) is 3.32. The van der Waals surface area contributed by atoms with Crippen LogP contribution in [0.5, 0.6) is 0 Å². The Hall–Kier alpha value is -1.56. The van der Waals surface area contributed by atoms with Crippen LogP contribution in [0.4, 0.5) is 10.2 Å². The molecule has 2 aromatic heterocycles. The van der Waals surface area contributed by atoms with Gasteiger partial charge in [-0.2, -0.15) is 0 Å². The van der Waals surface area contributed by atoms with Crippen LogP contribution in [-0.4, -0.2) is 15.0 Å². The summed E-state index contributed by atoms with van der Waals surface area (Å²) in [7, 11) is 0. The van der Waals surface area contributed by atoms with Gasteiger partial charge in [0.2, 0.25) is 0 Å². The number of rotatable bonds is 1. The highest BCUT2D eigenvalue weighted by Crippen LogP contribution is 2.32. The van der Waals surface area contributed by atoms with Crippen molar-refractivity contribution < 1.29 is 4.39 Å². The molecule has 100 valence electrons. The normalized spacial score (nSPS) is 11.6. The molecule has 6 heteroatoms. The van der Waals surface area contributed by atoms with Crippen molar-refractivity contribution in [3.8, 4) is 11.5 Å². The zero-order valence-electron chi connectivity index (χ0n) is 10.9. The molecule has 0 spiro atoms. The second-order valence-electron chi connectivity index (χ2n) is 5.21. The SMILES string of the molecule is CC(C)(C)c1nc(-c2ccc(F)cn2)nc(N)c1Br. The highest BCUT2D eigenvalue weighted by atomic mass is 79.9. The van der Waals surface area contributed by atoms with E-state index in [1.54, 1.807) is 0 Å². The number of nitrogen functional groups attached to an aromatic ring is 1. The summed E-state index contributed by atoms with van der Waals surface area (Å²) < 4.78 is 13.6. The van der Waals surface area contributed by atoms with Gasteiger partial charge in [0.05, 0.1) is 16.4 Å². The van der Waals surface area contributed by atoms with E-state index in [2.05, 4.69) is 30.9 Å². The predicted molar refractivity (Wildman–Crippen MR) is 76.0 cm³/mol. The summed E-state index contributed by atoms with van der Waals surface area (Å²) in [5.41, 5.74) is 6.98. The summed E-state index contributed by atoms with van der Waals surface area (Å²) in [5.74, 6) is 0.344. The van der Waals surface area contributed by atoms with Crippen LogP contribution in [0.15, 0.2) is 22.8 Å². The summed E-state index contributed by atoms with van der Waals surface area (Å²) >= 11 is 3.40. The van der Waals surface area contributed by atoms with Gasteiger partial charge in [-0.3, -0.25) is 0 Å². The van der Waals surface area contributed by atoms with E-state index in [0.717, 1.165) is 11.9 Å². The van der Waals surface area contributed by atoms with Crippen molar-refractivity contribution >= 4 is 21.7 Å². The van der Waals surface area contributed by atoms with E-state index in [1.807, 2.05) is 20.8 Å². The Balaban J connectivity index is 2.60. The van der Waals surface area contributed by atoms with Gasteiger partial charge in [0.1, 0.15) is 17.3 Å². The molecule has 0 radical (unpaired) electrons. The van der Waals surface area contributed by atoms with Crippen LogP contribution < -0.4 is 5.73 Å².